The summed E-state index contributed by atoms with van der Waals surface area (Å²) in [5, 5.41) is 4.38. The Morgan fingerprint density at radius 3 is 2.45 bits per heavy atom. The fourth-order valence-electron chi connectivity index (χ4n) is 2.58. The molecule has 0 spiro atoms. The van der Waals surface area contributed by atoms with Gasteiger partial charge >= 0.3 is 0 Å². The third-order valence-electron chi connectivity index (χ3n) is 3.51. The maximum atomic E-state index is 13.1. The van der Waals surface area contributed by atoms with Crippen molar-refractivity contribution in [1.82, 2.24) is 9.78 Å². The molecule has 0 amide bonds. The number of halogens is 1. The highest BCUT2D eigenvalue weighted by Gasteiger charge is 2.21. The Kier molecular flexibility index (Phi) is 4.39. The molecule has 0 aliphatic carbocycles. The van der Waals surface area contributed by atoms with Crippen LogP contribution < -0.4 is 10.6 Å². The second-order valence-corrected chi connectivity index (χ2v) is 4.86. The van der Waals surface area contributed by atoms with Crippen molar-refractivity contribution in [3.8, 4) is 0 Å². The summed E-state index contributed by atoms with van der Waals surface area (Å²) in [5.74, 6) is -0.230. The monoisotopic (exact) mass is 276 g/mol. The molecule has 0 aliphatic heterocycles. The lowest BCUT2D eigenvalue weighted by Crippen LogP contribution is -2.34. The zero-order valence-electron chi connectivity index (χ0n) is 12.2. The number of aryl methyl sites for hydroxylation is 2. The smallest absolute Gasteiger partial charge is 0.123 e. The standard InChI is InChI=1S/C15H21FN4/c1-4-20(13-7-5-12(16)6-8-13)15(9-17)14-10-19(3)18-11(14)2/h5-8,10,15H,4,9,17H2,1-3H3. The van der Waals surface area contributed by atoms with Gasteiger partial charge in [0.2, 0.25) is 0 Å². The number of anilines is 1. The molecule has 1 aromatic heterocycles. The van der Waals surface area contributed by atoms with E-state index in [1.807, 2.05) is 20.2 Å². The van der Waals surface area contributed by atoms with Crippen LogP contribution in [-0.2, 0) is 7.05 Å². The molecule has 1 atom stereocenters. The third kappa shape index (κ3) is 2.82. The van der Waals surface area contributed by atoms with Gasteiger partial charge < -0.3 is 10.6 Å². The van der Waals surface area contributed by atoms with Crippen LogP contribution >= 0.6 is 0 Å². The van der Waals surface area contributed by atoms with Crippen molar-refractivity contribution in [3.05, 3.63) is 47.5 Å². The third-order valence-corrected chi connectivity index (χ3v) is 3.51. The molecule has 0 bridgehead atoms. The highest BCUT2D eigenvalue weighted by Crippen LogP contribution is 2.27. The van der Waals surface area contributed by atoms with Crippen molar-refractivity contribution in [2.24, 2.45) is 12.8 Å². The van der Waals surface area contributed by atoms with E-state index in [1.165, 1.54) is 12.1 Å². The predicted octanol–water partition coefficient (Wildman–Crippen LogP) is 2.39. The minimum absolute atomic E-state index is 0.0409. The first kappa shape index (κ1) is 14.5. The van der Waals surface area contributed by atoms with Gasteiger partial charge in [-0.1, -0.05) is 0 Å². The van der Waals surface area contributed by atoms with Crippen molar-refractivity contribution in [2.45, 2.75) is 19.9 Å². The second-order valence-electron chi connectivity index (χ2n) is 4.86. The van der Waals surface area contributed by atoms with Crippen molar-refractivity contribution in [3.63, 3.8) is 0 Å². The second kappa shape index (κ2) is 6.05. The quantitative estimate of drug-likeness (QED) is 0.912. The summed E-state index contributed by atoms with van der Waals surface area (Å²) < 4.78 is 14.9. The van der Waals surface area contributed by atoms with Gasteiger partial charge in [-0.05, 0) is 38.1 Å². The van der Waals surface area contributed by atoms with Gasteiger partial charge in [0.1, 0.15) is 5.82 Å². The van der Waals surface area contributed by atoms with Crippen LogP contribution in [0.25, 0.3) is 0 Å². The van der Waals surface area contributed by atoms with Gasteiger partial charge in [0.15, 0.2) is 0 Å². The lowest BCUT2D eigenvalue weighted by molar-refractivity contribution is 0.621. The molecule has 2 rings (SSSR count). The Hall–Kier alpha value is -1.88. The van der Waals surface area contributed by atoms with Crippen molar-refractivity contribution in [2.75, 3.05) is 18.0 Å². The van der Waals surface area contributed by atoms with Gasteiger partial charge in [-0.2, -0.15) is 5.10 Å². The number of nitrogens with zero attached hydrogens (tertiary/aromatic N) is 3. The molecule has 0 fully saturated rings. The van der Waals surface area contributed by atoms with Gasteiger partial charge in [0, 0.05) is 37.6 Å². The average Bonchev–Trinajstić information content (AvgIpc) is 2.76. The summed E-state index contributed by atoms with van der Waals surface area (Å²) in [7, 11) is 1.90. The number of rotatable bonds is 5. The van der Waals surface area contributed by atoms with Gasteiger partial charge in [0.05, 0.1) is 11.7 Å². The molecule has 0 saturated carbocycles. The summed E-state index contributed by atoms with van der Waals surface area (Å²) >= 11 is 0. The van der Waals surface area contributed by atoms with E-state index < -0.39 is 0 Å². The number of hydrogen-bond donors (Lipinski definition) is 1. The molecule has 0 saturated heterocycles. The van der Waals surface area contributed by atoms with E-state index in [1.54, 1.807) is 16.8 Å². The molecule has 1 aromatic carbocycles. The normalized spacial score (nSPS) is 12.4. The van der Waals surface area contributed by atoms with Crippen LogP contribution in [0.2, 0.25) is 0 Å². The molecular weight excluding hydrogens is 255 g/mol. The topological polar surface area (TPSA) is 47.1 Å². The molecule has 4 nitrogen and oxygen atoms in total. The Morgan fingerprint density at radius 1 is 1.35 bits per heavy atom. The highest BCUT2D eigenvalue weighted by atomic mass is 19.1. The molecule has 1 unspecified atom stereocenters. The molecule has 0 aliphatic rings. The largest absolute Gasteiger partial charge is 0.363 e. The number of nitrogens with two attached hydrogens (primary N) is 1. The fourth-order valence-corrected chi connectivity index (χ4v) is 2.58. The first-order valence-electron chi connectivity index (χ1n) is 6.79. The first-order valence-corrected chi connectivity index (χ1v) is 6.79. The Balaban J connectivity index is 2.37. The number of likely N-dealkylation sites (N-methyl/N-ethyl adjacent to an activating group) is 1. The van der Waals surface area contributed by atoms with Crippen LogP contribution in [0.15, 0.2) is 30.5 Å². The minimum atomic E-state index is -0.230. The van der Waals surface area contributed by atoms with Gasteiger partial charge in [-0.25, -0.2) is 4.39 Å². The molecule has 0 radical (unpaired) electrons. The van der Waals surface area contributed by atoms with E-state index in [4.69, 9.17) is 5.73 Å². The molecule has 1 heterocycles. The summed E-state index contributed by atoms with van der Waals surface area (Å²) in [6.07, 6.45) is 2.00. The van der Waals surface area contributed by atoms with Crippen molar-refractivity contribution < 1.29 is 4.39 Å². The van der Waals surface area contributed by atoms with Crippen LogP contribution in [0.3, 0.4) is 0 Å². The van der Waals surface area contributed by atoms with Gasteiger partial charge in [-0.15, -0.1) is 0 Å². The van der Waals surface area contributed by atoms with E-state index in [0.717, 1.165) is 23.5 Å². The van der Waals surface area contributed by atoms with Crippen molar-refractivity contribution in [1.29, 1.82) is 0 Å². The van der Waals surface area contributed by atoms with E-state index in [-0.39, 0.29) is 11.9 Å². The van der Waals surface area contributed by atoms with Gasteiger partial charge in [0.25, 0.3) is 0 Å². The summed E-state index contributed by atoms with van der Waals surface area (Å²) in [6, 6.07) is 6.56. The zero-order valence-corrected chi connectivity index (χ0v) is 12.2. The molecule has 2 aromatic rings. The predicted molar refractivity (Wildman–Crippen MR) is 79.2 cm³/mol. The van der Waals surface area contributed by atoms with Crippen LogP contribution in [0.5, 0.6) is 0 Å². The average molecular weight is 276 g/mol. The highest BCUT2D eigenvalue weighted by molar-refractivity contribution is 5.49. The van der Waals surface area contributed by atoms with Gasteiger partial charge in [-0.3, -0.25) is 4.68 Å². The Morgan fingerprint density at radius 2 is 2.00 bits per heavy atom. The van der Waals surface area contributed by atoms with E-state index in [2.05, 4.69) is 16.9 Å². The SMILES string of the molecule is CCN(c1ccc(F)cc1)C(CN)c1cn(C)nc1C. The van der Waals surface area contributed by atoms with E-state index >= 15 is 0 Å². The maximum absolute atomic E-state index is 13.1. The van der Waals surface area contributed by atoms with E-state index in [0.29, 0.717) is 6.54 Å². The lowest BCUT2D eigenvalue weighted by Gasteiger charge is -2.32. The maximum Gasteiger partial charge on any atom is 0.123 e. The molecule has 2 N–H and O–H groups in total. The van der Waals surface area contributed by atoms with Crippen LogP contribution in [-0.4, -0.2) is 22.9 Å². The zero-order chi connectivity index (χ0) is 14.7. The van der Waals surface area contributed by atoms with Crippen LogP contribution in [0, 0.1) is 12.7 Å². The summed E-state index contributed by atoms with van der Waals surface area (Å²) in [4.78, 5) is 2.17. The first-order chi connectivity index (χ1) is 9.56. The number of aromatic nitrogens is 2. The van der Waals surface area contributed by atoms with Crippen LogP contribution in [0.4, 0.5) is 10.1 Å². The molecule has 20 heavy (non-hydrogen) atoms. The lowest BCUT2D eigenvalue weighted by atomic mass is 10.1. The summed E-state index contributed by atoms with van der Waals surface area (Å²) in [5.41, 5.74) is 9.03. The van der Waals surface area contributed by atoms with Crippen LogP contribution in [0.1, 0.15) is 24.2 Å². The summed E-state index contributed by atoms with van der Waals surface area (Å²) in [6.45, 7) is 5.33. The van der Waals surface area contributed by atoms with Crippen molar-refractivity contribution >= 4 is 5.69 Å². The Bertz CT molecular complexity index is 562. The fraction of sp³-hybridized carbons (Fsp3) is 0.400. The number of hydrogen-bond acceptors (Lipinski definition) is 3. The molecular formula is C15H21FN4. The number of benzene rings is 1. The van der Waals surface area contributed by atoms with E-state index in [9.17, 15) is 4.39 Å². The minimum Gasteiger partial charge on any atom is -0.363 e. The Labute approximate surface area is 119 Å². The molecule has 108 valence electrons. The molecule has 5 heteroatoms.